The summed E-state index contributed by atoms with van der Waals surface area (Å²) in [7, 11) is 1.60. The molecule has 1 rings (SSSR count). The highest BCUT2D eigenvalue weighted by atomic mass is 32.2. The Morgan fingerprint density at radius 1 is 1.00 bits per heavy atom. The van der Waals surface area contributed by atoms with E-state index in [1.54, 1.807) is 7.05 Å². The van der Waals surface area contributed by atoms with E-state index in [0.717, 1.165) is 30.7 Å². The fourth-order valence-corrected chi connectivity index (χ4v) is 4.10. The standard InChI is InChI=1S/C25H42N4O3S/c1-6-8-9-10-11-19-28-29-22(23(30)26-5)27-18-12-13-20-14-16-21(17-15-20)33-25(3,4)24(31)32-7-2/h14-17,28H,6-13,18-19H2,1-5H3,(H,26,30)(H,27,29). The second-order valence-electron chi connectivity index (χ2n) is 8.37. The lowest BCUT2D eigenvalue weighted by Gasteiger charge is -2.21. The van der Waals surface area contributed by atoms with Crippen LogP contribution in [0, 0.1) is 0 Å². The van der Waals surface area contributed by atoms with Gasteiger partial charge in [-0.2, -0.15) is 5.10 Å². The SMILES string of the molecule is CCCCCCCN/N=C(/NCCCc1ccc(SC(C)(C)C(=O)OCC)cc1)C(=O)NC. The molecule has 0 saturated carbocycles. The highest BCUT2D eigenvalue weighted by Gasteiger charge is 2.30. The van der Waals surface area contributed by atoms with Crippen LogP contribution in [0.4, 0.5) is 0 Å². The number of ether oxygens (including phenoxy) is 1. The Balaban J connectivity index is 2.43. The Hall–Kier alpha value is -2.22. The van der Waals surface area contributed by atoms with Crippen molar-refractivity contribution in [2.75, 3.05) is 26.7 Å². The Morgan fingerprint density at radius 3 is 2.33 bits per heavy atom. The van der Waals surface area contributed by atoms with E-state index in [1.165, 1.54) is 43.0 Å². The molecule has 0 radical (unpaired) electrons. The summed E-state index contributed by atoms with van der Waals surface area (Å²) in [6.45, 7) is 9.58. The van der Waals surface area contributed by atoms with Gasteiger partial charge in [0.25, 0.3) is 5.91 Å². The van der Waals surface area contributed by atoms with Crippen LogP contribution in [0.25, 0.3) is 0 Å². The molecule has 0 heterocycles. The number of carbonyl (C=O) groups excluding carboxylic acids is 2. The van der Waals surface area contributed by atoms with Gasteiger partial charge in [-0.15, -0.1) is 11.8 Å². The number of amides is 1. The Labute approximate surface area is 203 Å². The number of unbranched alkanes of at least 4 members (excludes halogenated alkanes) is 4. The normalized spacial score (nSPS) is 11.7. The molecule has 0 aliphatic heterocycles. The first kappa shape index (κ1) is 28.8. The molecular formula is C25H42N4O3S. The number of aryl methyl sites for hydroxylation is 1. The summed E-state index contributed by atoms with van der Waals surface area (Å²) >= 11 is 1.50. The van der Waals surface area contributed by atoms with Crippen LogP contribution in [0.1, 0.15) is 71.8 Å². The molecule has 0 atom stereocenters. The predicted molar refractivity (Wildman–Crippen MR) is 138 cm³/mol. The van der Waals surface area contributed by atoms with Gasteiger partial charge in [0.1, 0.15) is 4.75 Å². The molecule has 0 aliphatic rings. The second-order valence-corrected chi connectivity index (χ2v) is 10.1. The largest absolute Gasteiger partial charge is 0.465 e. The minimum atomic E-state index is -0.624. The highest BCUT2D eigenvalue weighted by molar-refractivity contribution is 8.01. The third-order valence-electron chi connectivity index (χ3n) is 5.02. The first-order chi connectivity index (χ1) is 15.8. The number of amidine groups is 1. The number of thioether (sulfide) groups is 1. The molecule has 0 spiro atoms. The van der Waals surface area contributed by atoms with Crippen LogP contribution in [0.2, 0.25) is 0 Å². The quantitative estimate of drug-likeness (QED) is 0.0871. The number of hydrogen-bond acceptors (Lipinski definition) is 6. The topological polar surface area (TPSA) is 91.8 Å². The second kappa shape index (κ2) is 16.4. The molecule has 0 bridgehead atoms. The van der Waals surface area contributed by atoms with Crippen molar-refractivity contribution in [3.8, 4) is 0 Å². The van der Waals surface area contributed by atoms with Gasteiger partial charge in [-0.3, -0.25) is 9.59 Å². The lowest BCUT2D eigenvalue weighted by atomic mass is 10.1. The number of carbonyl (C=O) groups is 2. The molecule has 0 aliphatic carbocycles. The van der Waals surface area contributed by atoms with Crippen LogP contribution in [0.3, 0.4) is 0 Å². The number of rotatable bonds is 15. The van der Waals surface area contributed by atoms with E-state index in [9.17, 15) is 9.59 Å². The number of hydrogen-bond donors (Lipinski definition) is 3. The van der Waals surface area contributed by atoms with Crippen LogP contribution in [0.5, 0.6) is 0 Å². The summed E-state index contributed by atoms with van der Waals surface area (Å²) in [6.07, 6.45) is 7.71. The van der Waals surface area contributed by atoms with Crippen molar-refractivity contribution in [3.63, 3.8) is 0 Å². The zero-order valence-electron chi connectivity index (χ0n) is 21.0. The van der Waals surface area contributed by atoms with Crippen molar-refractivity contribution in [2.24, 2.45) is 5.10 Å². The van der Waals surface area contributed by atoms with Gasteiger partial charge in [0.15, 0.2) is 0 Å². The minimum absolute atomic E-state index is 0.204. The zero-order chi connectivity index (χ0) is 24.5. The van der Waals surface area contributed by atoms with E-state index in [1.807, 2.05) is 32.9 Å². The van der Waals surface area contributed by atoms with E-state index >= 15 is 0 Å². The minimum Gasteiger partial charge on any atom is -0.465 e. The van der Waals surface area contributed by atoms with Crippen molar-refractivity contribution < 1.29 is 14.3 Å². The lowest BCUT2D eigenvalue weighted by molar-refractivity contribution is -0.145. The number of benzene rings is 1. The van der Waals surface area contributed by atoms with Crippen LogP contribution < -0.4 is 16.1 Å². The Kier molecular flexibility index (Phi) is 14.3. The molecule has 0 aromatic heterocycles. The maximum atomic E-state index is 12.1. The van der Waals surface area contributed by atoms with Crippen molar-refractivity contribution in [2.45, 2.75) is 82.3 Å². The van der Waals surface area contributed by atoms with Gasteiger partial charge >= 0.3 is 5.97 Å². The molecule has 186 valence electrons. The van der Waals surface area contributed by atoms with Gasteiger partial charge in [0, 0.05) is 25.0 Å². The third kappa shape index (κ3) is 12.0. The van der Waals surface area contributed by atoms with Crippen LogP contribution >= 0.6 is 11.8 Å². The van der Waals surface area contributed by atoms with Gasteiger partial charge in [0.2, 0.25) is 5.84 Å². The number of esters is 1. The Bertz CT molecular complexity index is 736. The van der Waals surface area contributed by atoms with Gasteiger partial charge in [-0.25, -0.2) is 0 Å². The first-order valence-electron chi connectivity index (χ1n) is 12.1. The van der Waals surface area contributed by atoms with Gasteiger partial charge < -0.3 is 20.8 Å². The monoisotopic (exact) mass is 478 g/mol. The van der Waals surface area contributed by atoms with Crippen molar-refractivity contribution in [3.05, 3.63) is 29.8 Å². The molecule has 1 amide bonds. The molecule has 33 heavy (non-hydrogen) atoms. The molecule has 1 aromatic carbocycles. The maximum absolute atomic E-state index is 12.1. The predicted octanol–water partition coefficient (Wildman–Crippen LogP) is 4.26. The fraction of sp³-hybridized carbons (Fsp3) is 0.640. The van der Waals surface area contributed by atoms with Gasteiger partial charge in [0.05, 0.1) is 6.61 Å². The van der Waals surface area contributed by atoms with Crippen LogP contribution in [-0.2, 0) is 20.7 Å². The summed E-state index contributed by atoms with van der Waals surface area (Å²) in [6, 6.07) is 8.24. The lowest BCUT2D eigenvalue weighted by Crippen LogP contribution is -2.40. The summed E-state index contributed by atoms with van der Waals surface area (Å²) in [4.78, 5) is 25.2. The smallest absolute Gasteiger partial charge is 0.321 e. The van der Waals surface area contributed by atoms with Gasteiger partial charge in [-0.05, 0) is 57.7 Å². The number of nitrogens with one attached hydrogen (secondary N) is 3. The summed E-state index contributed by atoms with van der Waals surface area (Å²) in [5.74, 6) is -0.109. The number of nitrogens with zero attached hydrogens (tertiary/aromatic N) is 1. The summed E-state index contributed by atoms with van der Waals surface area (Å²) in [5, 5.41) is 10.00. The third-order valence-corrected chi connectivity index (χ3v) is 6.21. The molecular weight excluding hydrogens is 436 g/mol. The molecule has 0 fully saturated rings. The zero-order valence-corrected chi connectivity index (χ0v) is 21.8. The average Bonchev–Trinajstić information content (AvgIpc) is 2.80. The summed E-state index contributed by atoms with van der Waals surface area (Å²) < 4.78 is 4.53. The van der Waals surface area contributed by atoms with E-state index in [0.29, 0.717) is 19.0 Å². The highest BCUT2D eigenvalue weighted by Crippen LogP contribution is 2.33. The number of likely N-dealkylation sites (N-methyl/N-ethyl adjacent to an activating group) is 1. The molecule has 7 nitrogen and oxygen atoms in total. The van der Waals surface area contributed by atoms with Crippen LogP contribution in [-0.4, -0.2) is 49.2 Å². The fourth-order valence-electron chi connectivity index (χ4n) is 3.10. The molecule has 0 saturated heterocycles. The first-order valence-corrected chi connectivity index (χ1v) is 12.9. The molecule has 8 heteroatoms. The molecule has 1 aromatic rings. The van der Waals surface area contributed by atoms with Crippen LogP contribution in [0.15, 0.2) is 34.3 Å². The van der Waals surface area contributed by atoms with E-state index in [-0.39, 0.29) is 11.9 Å². The summed E-state index contributed by atoms with van der Waals surface area (Å²) in [5.41, 5.74) is 4.21. The van der Waals surface area contributed by atoms with Crippen molar-refractivity contribution in [1.29, 1.82) is 0 Å². The Morgan fingerprint density at radius 2 is 1.70 bits per heavy atom. The van der Waals surface area contributed by atoms with Crippen molar-refractivity contribution in [1.82, 2.24) is 16.1 Å². The van der Waals surface area contributed by atoms with E-state index in [4.69, 9.17) is 4.74 Å². The number of hydrazone groups is 1. The van der Waals surface area contributed by atoms with Gasteiger partial charge in [-0.1, -0.05) is 44.7 Å². The van der Waals surface area contributed by atoms with Crippen molar-refractivity contribution >= 4 is 29.5 Å². The van der Waals surface area contributed by atoms with E-state index in [2.05, 4.69) is 40.2 Å². The molecule has 0 unspecified atom stereocenters. The average molecular weight is 479 g/mol. The van der Waals surface area contributed by atoms with E-state index < -0.39 is 4.75 Å². The maximum Gasteiger partial charge on any atom is 0.321 e. The molecule has 3 N–H and O–H groups in total.